The van der Waals surface area contributed by atoms with Crippen LogP contribution in [0.3, 0.4) is 0 Å². The van der Waals surface area contributed by atoms with Crippen LogP contribution in [0.5, 0.6) is 0 Å². The molecule has 8 aliphatic carbocycles. The lowest BCUT2D eigenvalue weighted by Gasteiger charge is -2.60. The number of aliphatic hydroxyl groups is 2. The minimum atomic E-state index is -0.475. The molecule has 8 saturated carbocycles. The van der Waals surface area contributed by atoms with Gasteiger partial charge in [0.1, 0.15) is 0 Å². The van der Waals surface area contributed by atoms with Crippen LogP contribution in [0.4, 0.5) is 0 Å². The van der Waals surface area contributed by atoms with Gasteiger partial charge >= 0.3 is 0 Å². The predicted octanol–water partition coefficient (Wildman–Crippen LogP) is 5.09. The number of hydrogen-bond acceptors (Lipinski definition) is 2. The minimum absolute atomic E-state index is 0.428. The summed E-state index contributed by atoms with van der Waals surface area (Å²) in [6.45, 7) is 4.41. The lowest BCUT2D eigenvalue weighted by atomic mass is 9.48. The second-order valence-corrected chi connectivity index (χ2v) is 12.0. The van der Waals surface area contributed by atoms with Gasteiger partial charge in [0, 0.05) is 0 Å². The summed E-state index contributed by atoms with van der Waals surface area (Å²) in [7, 11) is 0. The molecule has 8 rings (SSSR count). The molecule has 8 aliphatic rings. The van der Waals surface area contributed by atoms with Crippen LogP contribution >= 0.6 is 0 Å². The van der Waals surface area contributed by atoms with Crippen molar-refractivity contribution in [2.45, 2.75) is 94.7 Å². The van der Waals surface area contributed by atoms with Crippen molar-refractivity contribution in [3.63, 3.8) is 0 Å². The molecule has 0 saturated heterocycles. The lowest BCUT2D eigenvalue weighted by Crippen LogP contribution is -2.58. The molecule has 0 radical (unpaired) electrons. The Morgan fingerprint density at radius 3 is 1.41 bits per heavy atom. The van der Waals surface area contributed by atoms with E-state index in [0.717, 1.165) is 42.9 Å². The van der Waals surface area contributed by atoms with E-state index >= 15 is 0 Å². The highest BCUT2D eigenvalue weighted by molar-refractivity contribution is 5.14. The van der Waals surface area contributed by atoms with E-state index in [0.29, 0.717) is 23.7 Å². The Morgan fingerprint density at radius 2 is 1.00 bits per heavy atom. The van der Waals surface area contributed by atoms with Crippen molar-refractivity contribution in [3.8, 4) is 0 Å². The maximum atomic E-state index is 11.6. The first-order valence-corrected chi connectivity index (χ1v) is 12.0. The highest BCUT2D eigenvalue weighted by atomic mass is 16.3. The van der Waals surface area contributed by atoms with Crippen molar-refractivity contribution >= 4 is 0 Å². The second-order valence-electron chi connectivity index (χ2n) is 12.0. The molecule has 2 nitrogen and oxygen atoms in total. The van der Waals surface area contributed by atoms with Crippen LogP contribution in [-0.2, 0) is 0 Å². The van der Waals surface area contributed by atoms with Crippen LogP contribution in [0.15, 0.2) is 12.2 Å². The van der Waals surface area contributed by atoms with Crippen LogP contribution in [-0.4, -0.2) is 21.4 Å². The maximum absolute atomic E-state index is 11.6. The average molecular weight is 371 g/mol. The summed E-state index contributed by atoms with van der Waals surface area (Å²) in [4.78, 5) is 0. The zero-order chi connectivity index (χ0) is 18.4. The summed E-state index contributed by atoms with van der Waals surface area (Å²) >= 11 is 0. The fraction of sp³-hybridized carbons (Fsp3) is 0.920. The lowest BCUT2D eigenvalue weighted by molar-refractivity contribution is -0.178. The highest BCUT2D eigenvalue weighted by Gasteiger charge is 2.58. The van der Waals surface area contributed by atoms with Crippen molar-refractivity contribution in [2.75, 3.05) is 0 Å². The smallest absolute Gasteiger partial charge is 0.0741 e. The quantitative estimate of drug-likeness (QED) is 0.662. The number of hydrogen-bond donors (Lipinski definition) is 2. The van der Waals surface area contributed by atoms with E-state index in [1.54, 1.807) is 0 Å². The van der Waals surface area contributed by atoms with Crippen LogP contribution in [0.1, 0.15) is 83.5 Å². The molecule has 0 aliphatic heterocycles. The summed E-state index contributed by atoms with van der Waals surface area (Å²) in [5.74, 6) is 5.75. The van der Waals surface area contributed by atoms with Gasteiger partial charge in [-0.2, -0.15) is 0 Å². The molecule has 0 spiro atoms. The second kappa shape index (κ2) is 5.85. The number of rotatable bonds is 5. The predicted molar refractivity (Wildman–Crippen MR) is 107 cm³/mol. The molecule has 0 aromatic carbocycles. The molecule has 0 unspecified atom stereocenters. The van der Waals surface area contributed by atoms with Crippen LogP contribution in [0, 0.1) is 47.3 Å². The maximum Gasteiger partial charge on any atom is 0.0741 e. The molecule has 2 heteroatoms. The summed E-state index contributed by atoms with van der Waals surface area (Å²) in [6, 6.07) is 0. The van der Waals surface area contributed by atoms with E-state index < -0.39 is 11.2 Å². The fourth-order valence-electron chi connectivity index (χ4n) is 9.56. The highest BCUT2D eigenvalue weighted by Crippen LogP contribution is 2.61. The molecule has 27 heavy (non-hydrogen) atoms. The standard InChI is InChI=1S/C25H38O2/c1-15(14-25(27)22-10-18-5-19(12-22)13-23(25)11-18)2-3-24(26)20-6-16-4-17(8-20)9-21(24)7-16/h16-23,26-27H,1-14H2. The van der Waals surface area contributed by atoms with Gasteiger partial charge in [-0.15, -0.1) is 0 Å². The van der Waals surface area contributed by atoms with Gasteiger partial charge in [0.2, 0.25) is 0 Å². The van der Waals surface area contributed by atoms with Gasteiger partial charge in [-0.05, 0) is 131 Å². The van der Waals surface area contributed by atoms with Gasteiger partial charge in [0.15, 0.2) is 0 Å². The monoisotopic (exact) mass is 370 g/mol. The molecule has 2 N–H and O–H groups in total. The van der Waals surface area contributed by atoms with Crippen molar-refractivity contribution in [1.82, 2.24) is 0 Å². The molecule has 8 bridgehead atoms. The summed E-state index contributed by atoms with van der Waals surface area (Å²) in [5, 5.41) is 23.2. The Balaban J connectivity index is 1.11. The van der Waals surface area contributed by atoms with E-state index in [2.05, 4.69) is 6.58 Å². The third-order valence-electron chi connectivity index (χ3n) is 10.5. The first-order chi connectivity index (χ1) is 12.9. The SMILES string of the molecule is C=C(CCC1(O)C2CC3CC(C2)CC1C3)CC1(O)C2CC3CC(C2)CC1C3. The molecule has 0 aromatic rings. The van der Waals surface area contributed by atoms with E-state index in [4.69, 9.17) is 0 Å². The van der Waals surface area contributed by atoms with Gasteiger partial charge in [-0.3, -0.25) is 0 Å². The molecule has 0 atom stereocenters. The Kier molecular flexibility index (Phi) is 3.79. The minimum Gasteiger partial charge on any atom is -0.389 e. The Hall–Kier alpha value is -0.340. The van der Waals surface area contributed by atoms with E-state index in [1.807, 2.05) is 0 Å². The molecule has 8 fully saturated rings. The zero-order valence-electron chi connectivity index (χ0n) is 16.9. The first kappa shape index (κ1) is 17.5. The van der Waals surface area contributed by atoms with Gasteiger partial charge in [-0.1, -0.05) is 12.2 Å². The van der Waals surface area contributed by atoms with Crippen LogP contribution in [0.25, 0.3) is 0 Å². The van der Waals surface area contributed by atoms with Crippen LogP contribution in [0.2, 0.25) is 0 Å². The third kappa shape index (κ3) is 2.58. The van der Waals surface area contributed by atoms with Gasteiger partial charge in [0.25, 0.3) is 0 Å². The molecular weight excluding hydrogens is 332 g/mol. The van der Waals surface area contributed by atoms with Gasteiger partial charge in [-0.25, -0.2) is 0 Å². The largest absolute Gasteiger partial charge is 0.389 e. The Labute approximate surface area is 164 Å². The van der Waals surface area contributed by atoms with Gasteiger partial charge in [0.05, 0.1) is 11.2 Å². The molecule has 0 heterocycles. The van der Waals surface area contributed by atoms with Crippen molar-refractivity contribution in [3.05, 3.63) is 12.2 Å². The van der Waals surface area contributed by atoms with Crippen molar-refractivity contribution in [1.29, 1.82) is 0 Å². The van der Waals surface area contributed by atoms with Gasteiger partial charge < -0.3 is 10.2 Å². The zero-order valence-corrected chi connectivity index (χ0v) is 16.9. The third-order valence-corrected chi connectivity index (χ3v) is 10.5. The summed E-state index contributed by atoms with van der Waals surface area (Å²) < 4.78 is 0. The van der Waals surface area contributed by atoms with Crippen molar-refractivity contribution in [2.24, 2.45) is 47.3 Å². The van der Waals surface area contributed by atoms with E-state index in [-0.39, 0.29) is 0 Å². The summed E-state index contributed by atoms with van der Waals surface area (Å²) in [5.41, 5.74) is 0.312. The Bertz CT molecular complexity index is 578. The van der Waals surface area contributed by atoms with E-state index in [9.17, 15) is 10.2 Å². The molecule has 0 amide bonds. The topological polar surface area (TPSA) is 40.5 Å². The Morgan fingerprint density at radius 1 is 0.630 bits per heavy atom. The van der Waals surface area contributed by atoms with E-state index in [1.165, 1.54) is 69.8 Å². The van der Waals surface area contributed by atoms with Crippen LogP contribution < -0.4 is 0 Å². The molecule has 150 valence electrons. The fourth-order valence-corrected chi connectivity index (χ4v) is 9.56. The average Bonchev–Trinajstić information content (AvgIpc) is 2.62. The first-order valence-electron chi connectivity index (χ1n) is 12.0. The molecular formula is C25H38O2. The molecule has 0 aromatic heterocycles. The summed E-state index contributed by atoms with van der Waals surface area (Å²) in [6.07, 6.45) is 15.6. The normalized spacial score (nSPS) is 57.4. The van der Waals surface area contributed by atoms with Crippen molar-refractivity contribution < 1.29 is 10.2 Å².